The van der Waals surface area contributed by atoms with E-state index in [1.807, 2.05) is 30.3 Å². The van der Waals surface area contributed by atoms with Gasteiger partial charge in [-0.3, -0.25) is 4.79 Å². The Bertz CT molecular complexity index is 1880. The van der Waals surface area contributed by atoms with Crippen LogP contribution in [0.25, 0.3) is 22.3 Å². The Morgan fingerprint density at radius 1 is 1.10 bits per heavy atom. The van der Waals surface area contributed by atoms with E-state index in [1.165, 1.54) is 12.1 Å². The molecule has 2 aromatic carbocycles. The van der Waals surface area contributed by atoms with Gasteiger partial charge in [-0.15, -0.1) is 5.10 Å². The molecular weight excluding hydrogens is 529 g/mol. The zero-order valence-corrected chi connectivity index (χ0v) is 22.0. The summed E-state index contributed by atoms with van der Waals surface area (Å²) in [4.78, 5) is 43.1. The maximum Gasteiger partial charge on any atom is 0.346 e. The van der Waals surface area contributed by atoms with Crippen molar-refractivity contribution in [3.8, 4) is 11.4 Å². The minimum atomic E-state index is -1.65. The van der Waals surface area contributed by atoms with E-state index in [9.17, 15) is 14.0 Å². The maximum atomic E-state index is 13.7. The van der Waals surface area contributed by atoms with Crippen molar-refractivity contribution in [1.29, 1.82) is 0 Å². The Labute approximate surface area is 232 Å². The van der Waals surface area contributed by atoms with Gasteiger partial charge >= 0.3 is 5.97 Å². The summed E-state index contributed by atoms with van der Waals surface area (Å²) < 4.78 is 21.9. The molecule has 206 valence electrons. The number of esters is 1. The van der Waals surface area contributed by atoms with Crippen molar-refractivity contribution in [2.75, 3.05) is 0 Å². The molecule has 0 amide bonds. The Balaban J connectivity index is 1.17. The molecule has 0 unspecified atom stereocenters. The smallest absolute Gasteiger partial charge is 0.346 e. The second kappa shape index (κ2) is 9.72. The van der Waals surface area contributed by atoms with Crippen LogP contribution in [0.5, 0.6) is 0 Å². The van der Waals surface area contributed by atoms with E-state index in [2.05, 4.69) is 10.3 Å². The third kappa shape index (κ3) is 4.21. The van der Waals surface area contributed by atoms with Crippen molar-refractivity contribution in [3.05, 3.63) is 111 Å². The highest BCUT2D eigenvalue weighted by molar-refractivity contribution is 5.86. The number of hydrogen-bond donors (Lipinski definition) is 0. The Morgan fingerprint density at radius 2 is 1.93 bits per heavy atom. The molecule has 3 aromatic heterocycles. The average molecular weight is 554 g/mol. The monoisotopic (exact) mass is 553 g/mol. The van der Waals surface area contributed by atoms with Crippen molar-refractivity contribution in [2.24, 2.45) is 0 Å². The topological polar surface area (TPSA) is 110 Å². The first kappa shape index (κ1) is 25.2. The van der Waals surface area contributed by atoms with Crippen LogP contribution < -0.4 is 5.56 Å². The van der Waals surface area contributed by atoms with E-state index < -0.39 is 11.6 Å². The van der Waals surface area contributed by atoms with Crippen LogP contribution in [0, 0.1) is 5.82 Å². The van der Waals surface area contributed by atoms with Gasteiger partial charge in [0.1, 0.15) is 24.7 Å². The van der Waals surface area contributed by atoms with Gasteiger partial charge in [-0.25, -0.2) is 28.6 Å². The van der Waals surface area contributed by atoms with Gasteiger partial charge in [0.25, 0.3) is 5.56 Å². The molecule has 0 radical (unpaired) electrons. The van der Waals surface area contributed by atoms with Crippen molar-refractivity contribution < 1.29 is 23.7 Å². The number of ether oxygens (including phenoxy) is 1. The van der Waals surface area contributed by atoms with Gasteiger partial charge in [-0.05, 0) is 42.3 Å². The van der Waals surface area contributed by atoms with Crippen LogP contribution in [0.15, 0.2) is 71.7 Å². The second-order valence-corrected chi connectivity index (χ2v) is 10.1. The van der Waals surface area contributed by atoms with Crippen LogP contribution >= 0.6 is 0 Å². The summed E-state index contributed by atoms with van der Waals surface area (Å²) >= 11 is 0. The second-order valence-electron chi connectivity index (χ2n) is 10.1. The molecule has 0 aliphatic carbocycles. The molecule has 0 fully saturated rings. The lowest BCUT2D eigenvalue weighted by Crippen LogP contribution is -2.46. The standard InChI is InChI=1S/C30H24FN5O5/c1-2-30(41-40-16-22-15-35(34-33-22)13-18-7-9-21(31)10-8-18)24-12-26-27-20(11-19-5-3-4-6-25(19)32-27)14-36(26)28(37)23(24)17-39-29(30)38/h3-12,15H,2,13-14,16-17H2,1H3/t30-/m0/s1. The fourth-order valence-corrected chi connectivity index (χ4v) is 5.50. The molecule has 0 saturated heterocycles. The van der Waals surface area contributed by atoms with Gasteiger partial charge in [-0.2, -0.15) is 0 Å². The predicted molar refractivity (Wildman–Crippen MR) is 144 cm³/mol. The van der Waals surface area contributed by atoms with E-state index in [0.29, 0.717) is 41.3 Å². The number of carbonyl (C=O) groups is 1. The molecule has 10 nitrogen and oxygen atoms in total. The summed E-state index contributed by atoms with van der Waals surface area (Å²) in [6.45, 7) is 2.29. The lowest BCUT2D eigenvalue weighted by atomic mass is 9.86. The third-order valence-corrected chi connectivity index (χ3v) is 7.64. The normalized spacial score (nSPS) is 17.3. The minimum absolute atomic E-state index is 0.103. The molecule has 2 aliphatic rings. The van der Waals surface area contributed by atoms with Crippen LogP contribution in [-0.4, -0.2) is 30.5 Å². The molecule has 2 aliphatic heterocycles. The summed E-state index contributed by atoms with van der Waals surface area (Å²) in [6.07, 6.45) is 1.83. The molecule has 5 aromatic rings. The molecule has 7 rings (SSSR count). The first-order valence-corrected chi connectivity index (χ1v) is 13.2. The maximum absolute atomic E-state index is 13.7. The van der Waals surface area contributed by atoms with Crippen molar-refractivity contribution >= 4 is 16.9 Å². The van der Waals surface area contributed by atoms with E-state index in [1.54, 1.807) is 40.6 Å². The number of fused-ring (bicyclic) bond motifs is 5. The highest BCUT2D eigenvalue weighted by Gasteiger charge is 2.49. The summed E-state index contributed by atoms with van der Waals surface area (Å²) in [7, 11) is 0. The molecule has 0 bridgehead atoms. The van der Waals surface area contributed by atoms with Gasteiger partial charge in [0, 0.05) is 16.5 Å². The van der Waals surface area contributed by atoms with E-state index in [0.717, 1.165) is 22.0 Å². The van der Waals surface area contributed by atoms with Gasteiger partial charge < -0.3 is 9.30 Å². The molecule has 5 heterocycles. The summed E-state index contributed by atoms with van der Waals surface area (Å²) in [5, 5.41) is 9.16. The largest absolute Gasteiger partial charge is 0.458 e. The zero-order valence-electron chi connectivity index (χ0n) is 22.0. The molecular formula is C30H24FN5O5. The number of aromatic nitrogens is 5. The van der Waals surface area contributed by atoms with Crippen molar-refractivity contribution in [1.82, 2.24) is 24.5 Å². The Kier molecular flexibility index (Phi) is 5.98. The van der Waals surface area contributed by atoms with Crippen LogP contribution in [0.2, 0.25) is 0 Å². The van der Waals surface area contributed by atoms with Crippen molar-refractivity contribution in [3.63, 3.8) is 0 Å². The molecule has 1 atom stereocenters. The fourth-order valence-electron chi connectivity index (χ4n) is 5.50. The third-order valence-electron chi connectivity index (χ3n) is 7.64. The average Bonchev–Trinajstić information content (AvgIpc) is 3.58. The number of rotatable bonds is 7. The van der Waals surface area contributed by atoms with Crippen LogP contribution in [0.1, 0.15) is 41.3 Å². The summed E-state index contributed by atoms with van der Waals surface area (Å²) in [5.41, 5.74) is 3.24. The predicted octanol–water partition coefficient (Wildman–Crippen LogP) is 4.01. The van der Waals surface area contributed by atoms with E-state index in [-0.39, 0.29) is 31.0 Å². The number of nitrogens with zero attached hydrogens (tertiary/aromatic N) is 5. The SMILES string of the molecule is CC[C@@]1(OOCc2cn(Cc3ccc(F)cc3)nn2)C(=O)OCc2c1cc1n(c2=O)Cc2cc3ccccc3nc2-1. The molecule has 0 N–H and O–H groups in total. The molecule has 0 saturated carbocycles. The van der Waals surface area contributed by atoms with Crippen LogP contribution in [-0.2, 0) is 51.2 Å². The van der Waals surface area contributed by atoms with Gasteiger partial charge in [0.05, 0.1) is 41.8 Å². The number of cyclic esters (lactones) is 1. The number of carbonyl (C=O) groups excluding carboxylic acids is 1. The first-order chi connectivity index (χ1) is 19.9. The van der Waals surface area contributed by atoms with Gasteiger partial charge in [0.15, 0.2) is 0 Å². The zero-order chi connectivity index (χ0) is 28.1. The van der Waals surface area contributed by atoms with Crippen molar-refractivity contribution in [2.45, 2.75) is 45.2 Å². The highest BCUT2D eigenvalue weighted by Crippen LogP contribution is 2.41. The Hall–Kier alpha value is -4.74. The van der Waals surface area contributed by atoms with Crippen LogP contribution in [0.4, 0.5) is 4.39 Å². The number of para-hydroxylation sites is 1. The lowest BCUT2D eigenvalue weighted by molar-refractivity contribution is -0.371. The summed E-state index contributed by atoms with van der Waals surface area (Å²) in [6, 6.07) is 17.7. The highest BCUT2D eigenvalue weighted by atomic mass is 19.1. The van der Waals surface area contributed by atoms with E-state index >= 15 is 0 Å². The Morgan fingerprint density at radius 3 is 2.76 bits per heavy atom. The number of pyridine rings is 2. The number of halogens is 1. The number of hydrogen-bond acceptors (Lipinski definition) is 8. The quantitative estimate of drug-likeness (QED) is 0.166. The molecule has 41 heavy (non-hydrogen) atoms. The number of benzene rings is 2. The fraction of sp³-hybridized carbons (Fsp3) is 0.233. The van der Waals surface area contributed by atoms with E-state index in [4.69, 9.17) is 19.5 Å². The first-order valence-electron chi connectivity index (χ1n) is 13.2. The minimum Gasteiger partial charge on any atom is -0.458 e. The van der Waals surface area contributed by atoms with Gasteiger partial charge in [0.2, 0.25) is 5.60 Å². The van der Waals surface area contributed by atoms with Crippen LogP contribution in [0.3, 0.4) is 0 Å². The molecule has 0 spiro atoms. The molecule has 11 heteroatoms. The lowest BCUT2D eigenvalue weighted by Gasteiger charge is -2.34. The summed E-state index contributed by atoms with van der Waals surface area (Å²) in [5.74, 6) is -0.950. The van der Waals surface area contributed by atoms with Gasteiger partial charge in [-0.1, -0.05) is 42.5 Å².